The van der Waals surface area contributed by atoms with Crippen LogP contribution >= 0.6 is 0 Å². The van der Waals surface area contributed by atoms with Crippen LogP contribution in [-0.4, -0.2) is 180 Å². The first-order chi connectivity index (χ1) is 25.6. The lowest BCUT2D eigenvalue weighted by Crippen LogP contribution is -2.65. The molecule has 13 atom stereocenters. The molecule has 0 amide bonds. The van der Waals surface area contributed by atoms with Crippen LogP contribution in [0, 0.1) is 0 Å². The van der Waals surface area contributed by atoms with Gasteiger partial charge in [0, 0.05) is 6.08 Å². The first kappa shape index (κ1) is 41.5. The summed E-state index contributed by atoms with van der Waals surface area (Å²) in [7, 11) is 0. The second-order valence-electron chi connectivity index (χ2n) is 13.0. The lowest BCUT2D eigenvalue weighted by molar-refractivity contribution is -0.362. The number of ether oxygens (including phenoxy) is 7. The minimum Gasteiger partial charge on any atom is -0.504 e. The fraction of sp³-hybridized carbons (Fsp3) is 0.559. The first-order valence-electron chi connectivity index (χ1n) is 16.7. The molecule has 3 aliphatic heterocycles. The summed E-state index contributed by atoms with van der Waals surface area (Å²) in [5.41, 5.74) is -1.30. The summed E-state index contributed by atoms with van der Waals surface area (Å²) in [6.45, 7) is -3.04. The van der Waals surface area contributed by atoms with Gasteiger partial charge in [0.15, 0.2) is 48.0 Å². The van der Waals surface area contributed by atoms with Crippen molar-refractivity contribution in [1.29, 1.82) is 0 Å². The maximum absolute atomic E-state index is 13.2. The molecule has 2 aromatic rings. The number of aliphatic hydroxyl groups excluding tert-OH is 7. The Balaban J connectivity index is 1.43. The van der Waals surface area contributed by atoms with Crippen molar-refractivity contribution in [2.75, 3.05) is 33.0 Å². The smallest absolute Gasteiger partial charge is 0.331 e. The number of hydrogen-bond donors (Lipinski definition) is 12. The largest absolute Gasteiger partial charge is 0.504 e. The van der Waals surface area contributed by atoms with Gasteiger partial charge in [-0.3, -0.25) is 0 Å². The van der Waals surface area contributed by atoms with Gasteiger partial charge < -0.3 is 94.4 Å². The van der Waals surface area contributed by atoms with Gasteiger partial charge in [0.05, 0.1) is 33.0 Å². The van der Waals surface area contributed by atoms with Crippen molar-refractivity contribution < 1.29 is 99.2 Å². The second kappa shape index (κ2) is 17.8. The number of phenolic OH excluding ortho intramolecular Hbond substituents is 4. The third kappa shape index (κ3) is 9.38. The zero-order valence-electron chi connectivity index (χ0n) is 28.4. The third-order valence-corrected chi connectivity index (χ3v) is 9.14. The van der Waals surface area contributed by atoms with Crippen LogP contribution in [0.15, 0.2) is 42.5 Å². The lowest BCUT2D eigenvalue weighted by atomic mass is 9.96. The molecule has 300 valence electrons. The number of rotatable bonds is 14. The fourth-order valence-electron chi connectivity index (χ4n) is 5.92. The van der Waals surface area contributed by atoms with Crippen molar-refractivity contribution in [3.8, 4) is 23.0 Å². The molecule has 0 radical (unpaired) electrons. The zero-order chi connectivity index (χ0) is 39.3. The van der Waals surface area contributed by atoms with E-state index in [0.29, 0.717) is 5.56 Å². The average molecular weight is 773 g/mol. The quantitative estimate of drug-likeness (QED) is 0.0502. The normalized spacial score (nSPS) is 35.7. The highest BCUT2D eigenvalue weighted by Gasteiger charge is 2.54. The van der Waals surface area contributed by atoms with E-state index in [2.05, 4.69) is 0 Å². The third-order valence-electron chi connectivity index (χ3n) is 9.14. The summed E-state index contributed by atoms with van der Waals surface area (Å²) in [5, 5.41) is 122. The molecule has 0 bridgehead atoms. The van der Waals surface area contributed by atoms with Crippen molar-refractivity contribution >= 4 is 12.0 Å². The number of carbonyl (C=O) groups is 1. The maximum atomic E-state index is 13.2. The molecule has 0 aromatic heterocycles. The van der Waals surface area contributed by atoms with E-state index in [1.165, 1.54) is 36.4 Å². The summed E-state index contributed by atoms with van der Waals surface area (Å²) >= 11 is 0. The van der Waals surface area contributed by atoms with Crippen LogP contribution in [0.2, 0.25) is 0 Å². The molecule has 54 heavy (non-hydrogen) atoms. The van der Waals surface area contributed by atoms with E-state index in [1.807, 2.05) is 0 Å². The van der Waals surface area contributed by atoms with Gasteiger partial charge in [0.25, 0.3) is 0 Å². The number of aromatic hydroxyl groups is 4. The fourth-order valence-corrected chi connectivity index (χ4v) is 5.92. The molecule has 20 nitrogen and oxygen atoms in total. The minimum absolute atomic E-state index is 0.109. The van der Waals surface area contributed by atoms with Gasteiger partial charge in [-0.15, -0.1) is 0 Å². The van der Waals surface area contributed by atoms with Crippen molar-refractivity contribution in [2.45, 2.75) is 85.8 Å². The predicted octanol–water partition coefficient (Wildman–Crippen LogP) is -3.58. The van der Waals surface area contributed by atoms with Crippen molar-refractivity contribution in [3.63, 3.8) is 0 Å². The first-order valence-corrected chi connectivity index (χ1v) is 16.7. The van der Waals surface area contributed by atoms with Gasteiger partial charge in [-0.2, -0.15) is 0 Å². The van der Waals surface area contributed by atoms with Crippen molar-refractivity contribution in [3.05, 3.63) is 53.6 Å². The van der Waals surface area contributed by atoms with Crippen molar-refractivity contribution in [2.24, 2.45) is 0 Å². The Kier molecular flexibility index (Phi) is 13.7. The Morgan fingerprint density at radius 1 is 0.778 bits per heavy atom. The standard InChI is InChI=1S/C34H44O20/c35-11-21-24(42)25(43)26(44)32(51-21)54-29-27(45)31(48-8-7-16-2-5-18(38)20(40)10-16)52-22(12-49-33-30(46)34(47,13-36)14-50-33)28(29)53-23(41)6-3-15-1-4-17(37)19(39)9-15/h1-6,9-10,21-22,24-33,35-40,42-47H,7-8,11-14H2. The highest BCUT2D eigenvalue weighted by molar-refractivity contribution is 5.87. The zero-order valence-corrected chi connectivity index (χ0v) is 28.4. The number of aliphatic hydroxyl groups is 8. The van der Waals surface area contributed by atoms with E-state index in [-0.39, 0.29) is 24.3 Å². The number of esters is 1. The molecule has 3 saturated heterocycles. The molecule has 3 fully saturated rings. The number of hydrogen-bond acceptors (Lipinski definition) is 20. The van der Waals surface area contributed by atoms with Gasteiger partial charge in [0.1, 0.15) is 54.4 Å². The van der Waals surface area contributed by atoms with E-state index >= 15 is 0 Å². The number of phenols is 4. The molecule has 0 saturated carbocycles. The topological polar surface area (TPSA) is 324 Å². The SMILES string of the molecule is O=C(C=Cc1ccc(O)c(O)c1)OC1C(COC2OCC(O)(CO)C2O)OC(OCCc2ccc(O)c(O)c2)C(O)C1OC1OC(CO)C(O)C(O)C1O. The molecule has 0 spiro atoms. The molecule has 3 aliphatic rings. The molecule has 12 N–H and O–H groups in total. The maximum Gasteiger partial charge on any atom is 0.331 e. The Morgan fingerprint density at radius 2 is 1.46 bits per heavy atom. The van der Waals surface area contributed by atoms with Gasteiger partial charge in [0.2, 0.25) is 0 Å². The predicted molar refractivity (Wildman–Crippen MR) is 175 cm³/mol. The van der Waals surface area contributed by atoms with E-state index in [1.54, 1.807) is 0 Å². The van der Waals surface area contributed by atoms with Crippen LogP contribution < -0.4 is 0 Å². The van der Waals surface area contributed by atoms with Gasteiger partial charge in [-0.05, 0) is 47.9 Å². The van der Waals surface area contributed by atoms with Crippen LogP contribution in [0.4, 0.5) is 0 Å². The second-order valence-corrected chi connectivity index (χ2v) is 13.0. The lowest BCUT2D eigenvalue weighted by Gasteiger charge is -2.47. The van der Waals surface area contributed by atoms with E-state index in [9.17, 15) is 66.1 Å². The highest BCUT2D eigenvalue weighted by atomic mass is 16.8. The molecule has 2 aromatic carbocycles. The summed E-state index contributed by atoms with van der Waals surface area (Å²) in [5.74, 6) is -2.72. The summed E-state index contributed by atoms with van der Waals surface area (Å²) < 4.78 is 39.8. The van der Waals surface area contributed by atoms with Crippen LogP contribution in [0.5, 0.6) is 23.0 Å². The molecule has 5 rings (SSSR count). The highest BCUT2D eigenvalue weighted by Crippen LogP contribution is 2.34. The average Bonchev–Trinajstić information content (AvgIpc) is 3.44. The Bertz CT molecular complexity index is 1590. The van der Waals surface area contributed by atoms with Crippen molar-refractivity contribution in [1.82, 2.24) is 0 Å². The Morgan fingerprint density at radius 3 is 2.11 bits per heavy atom. The number of carbonyl (C=O) groups excluding carboxylic acids is 1. The minimum atomic E-state index is -2.07. The molecular weight excluding hydrogens is 728 g/mol. The summed E-state index contributed by atoms with van der Waals surface area (Å²) in [6, 6.07) is 7.73. The molecule has 3 heterocycles. The monoisotopic (exact) mass is 772 g/mol. The van der Waals surface area contributed by atoms with Crippen LogP contribution in [0.1, 0.15) is 11.1 Å². The van der Waals surface area contributed by atoms with Crippen LogP contribution in [-0.2, 0) is 44.4 Å². The van der Waals surface area contributed by atoms with Gasteiger partial charge in [-0.25, -0.2) is 4.79 Å². The molecular formula is C34H44O20. The van der Waals surface area contributed by atoms with Gasteiger partial charge in [-0.1, -0.05) is 12.1 Å². The van der Waals surface area contributed by atoms with Gasteiger partial charge >= 0.3 is 5.97 Å². The molecule has 20 heteroatoms. The summed E-state index contributed by atoms with van der Waals surface area (Å²) in [6.07, 6.45) is -18.5. The van der Waals surface area contributed by atoms with E-state index in [4.69, 9.17) is 33.2 Å². The number of benzene rings is 2. The van der Waals surface area contributed by atoms with Crippen LogP contribution in [0.25, 0.3) is 6.08 Å². The van der Waals surface area contributed by atoms with E-state index in [0.717, 1.165) is 12.1 Å². The van der Waals surface area contributed by atoms with E-state index < -0.39 is 129 Å². The van der Waals surface area contributed by atoms with Crippen LogP contribution in [0.3, 0.4) is 0 Å². The Hall–Kier alpha value is -3.71. The Labute approximate surface area is 306 Å². The molecule has 0 aliphatic carbocycles. The molecule has 13 unspecified atom stereocenters. The summed E-state index contributed by atoms with van der Waals surface area (Å²) in [4.78, 5) is 13.2.